The molecule has 162 valence electrons. The number of allylic oxidation sites excluding steroid dienone is 1. The van der Waals surface area contributed by atoms with Gasteiger partial charge in [0.2, 0.25) is 0 Å². The van der Waals surface area contributed by atoms with E-state index >= 15 is 0 Å². The van der Waals surface area contributed by atoms with Crippen molar-refractivity contribution in [2.45, 2.75) is 33.2 Å². The maximum Gasteiger partial charge on any atom is 0.338 e. The molecule has 0 N–H and O–H groups in total. The summed E-state index contributed by atoms with van der Waals surface area (Å²) in [6.07, 6.45) is 3.80. The molecule has 31 heavy (non-hydrogen) atoms. The average molecular weight is 439 g/mol. The molecule has 2 aromatic carbocycles. The van der Waals surface area contributed by atoms with Crippen molar-refractivity contribution in [3.05, 3.63) is 71.0 Å². The van der Waals surface area contributed by atoms with Crippen molar-refractivity contribution >= 4 is 33.4 Å². The van der Waals surface area contributed by atoms with Crippen LogP contribution >= 0.6 is 11.3 Å². The Labute approximate surface area is 185 Å². The first-order chi connectivity index (χ1) is 15.1. The number of thiazole rings is 1. The van der Waals surface area contributed by atoms with E-state index in [-0.39, 0.29) is 11.9 Å². The fraction of sp³-hybridized carbons (Fsp3) is 0.292. The van der Waals surface area contributed by atoms with Crippen LogP contribution in [0.1, 0.15) is 47.4 Å². The van der Waals surface area contributed by atoms with Crippen molar-refractivity contribution < 1.29 is 19.1 Å². The van der Waals surface area contributed by atoms with Crippen LogP contribution in [0.2, 0.25) is 0 Å². The van der Waals surface area contributed by atoms with Crippen molar-refractivity contribution in [2.75, 3.05) is 13.2 Å². The van der Waals surface area contributed by atoms with Gasteiger partial charge >= 0.3 is 5.97 Å². The molecule has 0 aliphatic heterocycles. The molecular weight excluding hydrogens is 412 g/mol. The minimum atomic E-state index is -0.371. The summed E-state index contributed by atoms with van der Waals surface area (Å²) in [5.41, 5.74) is 1.83. The third-order valence-corrected chi connectivity index (χ3v) is 5.61. The maximum atomic E-state index is 12.8. The van der Waals surface area contributed by atoms with Gasteiger partial charge in [0.15, 0.2) is 4.80 Å². The van der Waals surface area contributed by atoms with E-state index in [0.29, 0.717) is 35.7 Å². The molecule has 1 heterocycles. The summed E-state index contributed by atoms with van der Waals surface area (Å²) in [5, 5.41) is 0. The van der Waals surface area contributed by atoms with Gasteiger partial charge in [-0.25, -0.2) is 4.79 Å². The Morgan fingerprint density at radius 1 is 1.13 bits per heavy atom. The molecule has 0 unspecified atom stereocenters. The normalized spacial score (nSPS) is 11.5. The standard InChI is InChI=1S/C24H26N2O4S/c1-4-7-15-30-19-11-8-17(9-12-19)22(27)25-24-26(14-5-2)20-13-10-18(16-21(20)31-24)23(28)29-6-3/h5,8-13,16H,2,4,6-7,14-15H2,1,3H3. The summed E-state index contributed by atoms with van der Waals surface area (Å²) >= 11 is 1.35. The predicted molar refractivity (Wildman–Crippen MR) is 123 cm³/mol. The zero-order chi connectivity index (χ0) is 22.2. The summed E-state index contributed by atoms with van der Waals surface area (Å²) in [6.45, 7) is 9.15. The SMILES string of the molecule is C=CCn1c(=NC(=O)c2ccc(OCCCC)cc2)sc2cc(C(=O)OCC)ccc21. The first-order valence-corrected chi connectivity index (χ1v) is 11.1. The molecule has 1 amide bonds. The number of carbonyl (C=O) groups excluding carboxylic acids is 2. The molecule has 0 fully saturated rings. The molecule has 1 aromatic heterocycles. The third kappa shape index (κ3) is 5.49. The summed E-state index contributed by atoms with van der Waals surface area (Å²) in [6, 6.07) is 12.3. The molecule has 3 aromatic rings. The molecule has 0 saturated heterocycles. The Balaban J connectivity index is 1.92. The van der Waals surface area contributed by atoms with Gasteiger partial charge in [-0.1, -0.05) is 30.8 Å². The number of carbonyl (C=O) groups is 2. The highest BCUT2D eigenvalue weighted by atomic mass is 32.1. The molecule has 0 radical (unpaired) electrons. The van der Waals surface area contributed by atoms with E-state index in [1.165, 1.54) is 11.3 Å². The third-order valence-electron chi connectivity index (χ3n) is 4.57. The first-order valence-electron chi connectivity index (χ1n) is 10.3. The van der Waals surface area contributed by atoms with Gasteiger partial charge in [0.25, 0.3) is 5.91 Å². The summed E-state index contributed by atoms with van der Waals surface area (Å²) in [4.78, 5) is 29.7. The second-order valence-electron chi connectivity index (χ2n) is 6.83. The van der Waals surface area contributed by atoms with Gasteiger partial charge in [-0.05, 0) is 55.8 Å². The number of unbranched alkanes of at least 4 members (excludes halogenated alkanes) is 1. The predicted octanol–water partition coefficient (Wildman–Crippen LogP) is 4.99. The lowest BCUT2D eigenvalue weighted by atomic mass is 10.2. The van der Waals surface area contributed by atoms with Crippen LogP contribution in [0.5, 0.6) is 5.75 Å². The number of amides is 1. The van der Waals surface area contributed by atoms with Crippen LogP contribution in [0.15, 0.2) is 60.1 Å². The minimum absolute atomic E-state index is 0.315. The van der Waals surface area contributed by atoms with Crippen LogP contribution in [-0.2, 0) is 11.3 Å². The second-order valence-corrected chi connectivity index (χ2v) is 7.84. The summed E-state index contributed by atoms with van der Waals surface area (Å²) < 4.78 is 13.5. The lowest BCUT2D eigenvalue weighted by Gasteiger charge is -2.05. The van der Waals surface area contributed by atoms with E-state index in [9.17, 15) is 9.59 Å². The highest BCUT2D eigenvalue weighted by Gasteiger charge is 2.12. The maximum absolute atomic E-state index is 12.8. The smallest absolute Gasteiger partial charge is 0.338 e. The van der Waals surface area contributed by atoms with Crippen LogP contribution in [0.4, 0.5) is 0 Å². The summed E-state index contributed by atoms with van der Waals surface area (Å²) in [7, 11) is 0. The zero-order valence-corrected chi connectivity index (χ0v) is 18.6. The Morgan fingerprint density at radius 3 is 2.55 bits per heavy atom. The quantitative estimate of drug-likeness (QED) is 0.268. The van der Waals surface area contributed by atoms with Crippen LogP contribution in [-0.4, -0.2) is 29.7 Å². The fourth-order valence-electron chi connectivity index (χ4n) is 2.98. The van der Waals surface area contributed by atoms with Crippen LogP contribution in [0.3, 0.4) is 0 Å². The van der Waals surface area contributed by atoms with Crippen molar-refractivity contribution in [3.63, 3.8) is 0 Å². The number of esters is 1. The van der Waals surface area contributed by atoms with Crippen molar-refractivity contribution in [2.24, 2.45) is 4.99 Å². The molecule has 3 rings (SSSR count). The van der Waals surface area contributed by atoms with Crippen LogP contribution in [0, 0.1) is 0 Å². The highest BCUT2D eigenvalue weighted by molar-refractivity contribution is 7.16. The fourth-order valence-corrected chi connectivity index (χ4v) is 4.06. The summed E-state index contributed by atoms with van der Waals surface area (Å²) in [5.74, 6) is 0.0269. The lowest BCUT2D eigenvalue weighted by Crippen LogP contribution is -2.16. The highest BCUT2D eigenvalue weighted by Crippen LogP contribution is 2.20. The van der Waals surface area contributed by atoms with E-state index in [4.69, 9.17) is 9.47 Å². The van der Waals surface area contributed by atoms with Crippen molar-refractivity contribution in [3.8, 4) is 5.75 Å². The first kappa shape index (κ1) is 22.5. The number of benzene rings is 2. The topological polar surface area (TPSA) is 69.9 Å². The molecule has 0 aliphatic rings. The van der Waals surface area contributed by atoms with E-state index in [1.807, 2.05) is 10.6 Å². The number of nitrogens with zero attached hydrogens (tertiary/aromatic N) is 2. The minimum Gasteiger partial charge on any atom is -0.494 e. The van der Waals surface area contributed by atoms with Gasteiger partial charge in [-0.2, -0.15) is 4.99 Å². The number of hydrogen-bond donors (Lipinski definition) is 0. The molecule has 0 atom stereocenters. The van der Waals surface area contributed by atoms with E-state index < -0.39 is 0 Å². The largest absolute Gasteiger partial charge is 0.494 e. The van der Waals surface area contributed by atoms with Gasteiger partial charge in [0.05, 0.1) is 29.0 Å². The van der Waals surface area contributed by atoms with Gasteiger partial charge < -0.3 is 14.0 Å². The van der Waals surface area contributed by atoms with Crippen LogP contribution < -0.4 is 9.54 Å². The van der Waals surface area contributed by atoms with E-state index in [0.717, 1.165) is 28.8 Å². The molecule has 0 aliphatic carbocycles. The van der Waals surface area contributed by atoms with Gasteiger partial charge in [0, 0.05) is 12.1 Å². The monoisotopic (exact) mass is 438 g/mol. The van der Waals surface area contributed by atoms with Crippen molar-refractivity contribution in [1.82, 2.24) is 4.57 Å². The number of ether oxygens (including phenoxy) is 2. The molecule has 0 bridgehead atoms. The van der Waals surface area contributed by atoms with E-state index in [1.54, 1.807) is 49.4 Å². The van der Waals surface area contributed by atoms with Crippen LogP contribution in [0.25, 0.3) is 10.2 Å². The Hall–Kier alpha value is -3.19. The van der Waals surface area contributed by atoms with Gasteiger partial charge in [0.1, 0.15) is 5.75 Å². The van der Waals surface area contributed by atoms with Gasteiger partial charge in [-0.15, -0.1) is 6.58 Å². The average Bonchev–Trinajstić information content (AvgIpc) is 3.11. The van der Waals surface area contributed by atoms with Gasteiger partial charge in [-0.3, -0.25) is 4.79 Å². The molecular formula is C24H26N2O4S. The lowest BCUT2D eigenvalue weighted by molar-refractivity contribution is 0.0526. The second kappa shape index (κ2) is 10.7. The molecule has 6 nitrogen and oxygen atoms in total. The molecule has 7 heteroatoms. The molecule has 0 spiro atoms. The van der Waals surface area contributed by atoms with Crippen molar-refractivity contribution in [1.29, 1.82) is 0 Å². The molecule has 0 saturated carbocycles. The number of hydrogen-bond acceptors (Lipinski definition) is 5. The number of rotatable bonds is 9. The Bertz CT molecular complexity index is 1140. The number of fused-ring (bicyclic) bond motifs is 1. The zero-order valence-electron chi connectivity index (χ0n) is 17.8. The van der Waals surface area contributed by atoms with E-state index in [2.05, 4.69) is 18.5 Å². The Kier molecular flexibility index (Phi) is 7.78. The number of aromatic nitrogens is 1. The Morgan fingerprint density at radius 2 is 1.87 bits per heavy atom.